The fourth-order valence-electron chi connectivity index (χ4n) is 1.87. The van der Waals surface area contributed by atoms with Crippen LogP contribution >= 0.6 is 0 Å². The average Bonchev–Trinajstić information content (AvgIpc) is 2.49. The van der Waals surface area contributed by atoms with E-state index in [2.05, 4.69) is 4.85 Å². The molecule has 2 aromatic rings. The van der Waals surface area contributed by atoms with Crippen LogP contribution in [0.15, 0.2) is 36.4 Å². The fourth-order valence-corrected chi connectivity index (χ4v) is 1.87. The summed E-state index contributed by atoms with van der Waals surface area (Å²) in [6.45, 7) is 5.15. The van der Waals surface area contributed by atoms with Gasteiger partial charge in [0.05, 0.1) is 5.22 Å². The largest absolute Gasteiger partial charge is 0.423 e. The van der Waals surface area contributed by atoms with Gasteiger partial charge in [-0.3, -0.25) is 0 Å². The molecule has 0 atom stereocenters. The molecule has 0 unspecified atom stereocenters. The van der Waals surface area contributed by atoms with Crippen LogP contribution in [0.4, 0.5) is 0 Å². The van der Waals surface area contributed by atoms with E-state index in [9.17, 15) is 0 Å². The number of rotatable bonds is 0. The summed E-state index contributed by atoms with van der Waals surface area (Å²) in [5, 5.41) is 29.5. The molecule has 0 heterocycles. The summed E-state index contributed by atoms with van der Waals surface area (Å²) in [7, 11) is 0. The molecular weight excluding hydrogens is 248 g/mol. The maximum atomic E-state index is 8.90. The van der Waals surface area contributed by atoms with Crippen molar-refractivity contribution >= 4 is 22.0 Å². The molecule has 0 aliphatic rings. The Morgan fingerprint density at radius 1 is 0.850 bits per heavy atom. The molecule has 2 rings (SSSR count). The third-order valence-electron chi connectivity index (χ3n) is 2.86. The van der Waals surface area contributed by atoms with E-state index in [-0.39, 0.29) is 11.3 Å². The van der Waals surface area contributed by atoms with E-state index in [4.69, 9.17) is 22.4 Å². The molecule has 0 saturated heterocycles. The minimum atomic E-state index is 0.0669. The first-order valence-corrected chi connectivity index (χ1v) is 5.63. The van der Waals surface area contributed by atoms with Crippen LogP contribution in [-0.2, 0) is 0 Å². The first kappa shape index (κ1) is 12.8. The molecule has 4 heteroatoms. The van der Waals surface area contributed by atoms with Gasteiger partial charge in [-0.2, -0.15) is 15.8 Å². The van der Waals surface area contributed by atoms with Gasteiger partial charge in [-0.05, 0) is 33.8 Å². The molecule has 4 nitrogen and oxygen atoms in total. The van der Waals surface area contributed by atoms with Crippen molar-refractivity contribution in [1.82, 2.24) is 0 Å². The quantitative estimate of drug-likeness (QED) is 0.718. The second kappa shape index (κ2) is 5.36. The summed E-state index contributed by atoms with van der Waals surface area (Å²) < 4.78 is 0. The van der Waals surface area contributed by atoms with Crippen LogP contribution in [-0.4, -0.2) is 0 Å². The summed E-state index contributed by atoms with van der Waals surface area (Å²) in [5.41, 5.74) is 0.217. The molecule has 0 spiro atoms. The minimum absolute atomic E-state index is 0.0669. The predicted molar refractivity (Wildman–Crippen MR) is 75.2 cm³/mol. The van der Waals surface area contributed by atoms with E-state index in [1.54, 1.807) is 36.4 Å². The number of hydrogen-bond acceptors (Lipinski definition) is 3. The topological polar surface area (TPSA) is 75.7 Å². The molecule has 0 amide bonds. The first-order valence-electron chi connectivity index (χ1n) is 5.63. The lowest BCUT2D eigenvalue weighted by molar-refractivity contribution is 1.49. The number of benzene rings is 2. The van der Waals surface area contributed by atoms with E-state index in [1.807, 2.05) is 18.2 Å². The molecule has 90 valence electrons. The Balaban J connectivity index is 2.84. The third-order valence-corrected chi connectivity index (χ3v) is 2.86. The van der Waals surface area contributed by atoms with Gasteiger partial charge in [-0.25, -0.2) is 0 Å². The van der Waals surface area contributed by atoms with Crippen molar-refractivity contribution in [2.45, 2.75) is 0 Å². The van der Waals surface area contributed by atoms with Gasteiger partial charge in [0.1, 0.15) is 17.7 Å². The zero-order valence-corrected chi connectivity index (χ0v) is 10.3. The van der Waals surface area contributed by atoms with Crippen LogP contribution in [0.1, 0.15) is 0 Å². The lowest BCUT2D eigenvalue weighted by Gasteiger charge is -1.96. The van der Waals surface area contributed by atoms with Crippen LogP contribution in [0.5, 0.6) is 0 Å². The summed E-state index contributed by atoms with van der Waals surface area (Å²) in [4.78, 5) is 3.42. The summed E-state index contributed by atoms with van der Waals surface area (Å²) in [6, 6.07) is 16.2. The third kappa shape index (κ3) is 2.19. The van der Waals surface area contributed by atoms with E-state index in [0.717, 1.165) is 10.8 Å². The number of hydrogen-bond donors (Lipinski definition) is 0. The van der Waals surface area contributed by atoms with Gasteiger partial charge in [0.2, 0.25) is 0 Å². The number of nitrogens with zero attached hydrogens (tertiary/aromatic N) is 4. The molecule has 0 N–H and O–H groups in total. The van der Waals surface area contributed by atoms with E-state index < -0.39 is 0 Å². The molecule has 0 radical (unpaired) electrons. The minimum Gasteiger partial charge on any atom is -0.192 e. The van der Waals surface area contributed by atoms with Gasteiger partial charge in [0.25, 0.3) is 6.57 Å². The van der Waals surface area contributed by atoms with Crippen LogP contribution < -0.4 is 10.4 Å². The van der Waals surface area contributed by atoms with Crippen molar-refractivity contribution in [3.63, 3.8) is 0 Å². The van der Waals surface area contributed by atoms with Gasteiger partial charge in [0.15, 0.2) is 6.07 Å². The van der Waals surface area contributed by atoms with Crippen molar-refractivity contribution in [2.24, 2.45) is 0 Å². The zero-order valence-electron chi connectivity index (χ0n) is 10.3. The van der Waals surface area contributed by atoms with Crippen LogP contribution in [0.2, 0.25) is 0 Å². The van der Waals surface area contributed by atoms with E-state index >= 15 is 0 Å². The molecule has 2 aromatic carbocycles. The average molecular weight is 255 g/mol. The van der Waals surface area contributed by atoms with E-state index in [1.165, 1.54) is 0 Å². The summed E-state index contributed by atoms with van der Waals surface area (Å²) in [5.74, 6) is 0. The number of nitriles is 3. The Morgan fingerprint density at radius 3 is 1.90 bits per heavy atom. The molecule has 0 fully saturated rings. The van der Waals surface area contributed by atoms with Crippen LogP contribution in [0.3, 0.4) is 0 Å². The Kier molecular flexibility index (Phi) is 3.45. The van der Waals surface area contributed by atoms with Crippen molar-refractivity contribution < 1.29 is 0 Å². The molecule has 0 aromatic heterocycles. The van der Waals surface area contributed by atoms with Crippen LogP contribution in [0, 0.1) is 40.6 Å². The molecule has 0 aliphatic carbocycles. The first-order chi connectivity index (χ1) is 9.73. The maximum Gasteiger partial charge on any atom is 0.423 e. The molecular formula is C16H7N4+. The van der Waals surface area contributed by atoms with Crippen molar-refractivity contribution in [3.05, 3.63) is 51.7 Å². The van der Waals surface area contributed by atoms with Crippen molar-refractivity contribution in [1.29, 1.82) is 15.8 Å². The highest BCUT2D eigenvalue weighted by Crippen LogP contribution is 2.09. The molecule has 0 aliphatic heterocycles. The zero-order chi connectivity index (χ0) is 14.5. The van der Waals surface area contributed by atoms with Gasteiger partial charge < -0.3 is 0 Å². The monoisotopic (exact) mass is 255 g/mol. The predicted octanol–water partition coefficient (Wildman–Crippen LogP) is 1.63. The second-order valence-electron chi connectivity index (χ2n) is 3.96. The van der Waals surface area contributed by atoms with Gasteiger partial charge in [-0.15, -0.1) is 0 Å². The maximum absolute atomic E-state index is 8.90. The highest BCUT2D eigenvalue weighted by Gasteiger charge is 2.05. The van der Waals surface area contributed by atoms with Crippen molar-refractivity contribution in [3.8, 4) is 24.8 Å². The Labute approximate surface area is 115 Å². The molecule has 0 bridgehead atoms. The standard InChI is InChI=1S/C16H7N4/c1-20-16(10-19)14-5-4-11-6-13(15(8-17)9-18)3-2-12(11)7-14/h1-7H/q+1. The molecule has 0 saturated carbocycles. The lowest BCUT2D eigenvalue weighted by Crippen LogP contribution is -2.06. The van der Waals surface area contributed by atoms with Gasteiger partial charge in [0, 0.05) is 5.22 Å². The lowest BCUT2D eigenvalue weighted by atomic mass is 10.1. The number of fused-ring (bicyclic) bond motifs is 1. The van der Waals surface area contributed by atoms with Gasteiger partial charge >= 0.3 is 5.70 Å². The highest BCUT2D eigenvalue weighted by molar-refractivity contribution is 5.85. The smallest absolute Gasteiger partial charge is 0.192 e. The highest BCUT2D eigenvalue weighted by atomic mass is 14.7. The van der Waals surface area contributed by atoms with Gasteiger partial charge in [-0.1, -0.05) is 18.2 Å². The second-order valence-corrected chi connectivity index (χ2v) is 3.96. The van der Waals surface area contributed by atoms with Crippen LogP contribution in [0.25, 0.3) is 26.9 Å². The molecule has 20 heavy (non-hydrogen) atoms. The SMILES string of the molecule is C#[N+]C(C#N)=c1ccc2cc(=C(C#N)C#N)ccc2c1. The summed E-state index contributed by atoms with van der Waals surface area (Å²) >= 11 is 0. The Bertz CT molecular complexity index is 871. The normalized spacial score (nSPS) is 10.6. The van der Waals surface area contributed by atoms with Crippen molar-refractivity contribution in [2.75, 3.05) is 0 Å². The Hall–Kier alpha value is -3.60. The van der Waals surface area contributed by atoms with E-state index in [0.29, 0.717) is 10.4 Å². The Morgan fingerprint density at radius 2 is 1.40 bits per heavy atom. The summed E-state index contributed by atoms with van der Waals surface area (Å²) in [6.07, 6.45) is 0. The fraction of sp³-hybridized carbons (Fsp3) is 0.